The summed E-state index contributed by atoms with van der Waals surface area (Å²) in [6, 6.07) is 6.76. The number of urea groups is 1. The van der Waals surface area contributed by atoms with Crippen molar-refractivity contribution < 1.29 is 9.59 Å². The standard InChI is InChI=1S/C18H25ClN6O2S/c1-11(2)20-17(27)21-15(26)10-28-18-23-22-16(12(3)24(4)5)25(18)14-8-6-13(19)7-9-14/h6-9,11-12H,10H2,1-5H3,(H2,20,21,26,27)/t12-/m0/s1. The number of nitrogens with zero attached hydrogens (tertiary/aromatic N) is 4. The van der Waals surface area contributed by atoms with E-state index in [2.05, 4.69) is 20.8 Å². The van der Waals surface area contributed by atoms with Crippen molar-refractivity contribution in [2.75, 3.05) is 19.8 Å². The second kappa shape index (κ2) is 9.90. The lowest BCUT2D eigenvalue weighted by Gasteiger charge is -2.20. The molecule has 1 atom stereocenters. The minimum Gasteiger partial charge on any atom is -0.336 e. The van der Waals surface area contributed by atoms with Crippen LogP contribution in [-0.2, 0) is 4.79 Å². The van der Waals surface area contributed by atoms with Crippen LogP contribution in [0.25, 0.3) is 5.69 Å². The van der Waals surface area contributed by atoms with Crippen LogP contribution in [0.1, 0.15) is 32.6 Å². The number of carbonyl (C=O) groups is 2. The average Bonchev–Trinajstić information content (AvgIpc) is 3.02. The van der Waals surface area contributed by atoms with Gasteiger partial charge in [-0.15, -0.1) is 10.2 Å². The van der Waals surface area contributed by atoms with Crippen LogP contribution < -0.4 is 10.6 Å². The molecule has 0 spiro atoms. The topological polar surface area (TPSA) is 92.2 Å². The van der Waals surface area contributed by atoms with Gasteiger partial charge in [0.2, 0.25) is 5.91 Å². The van der Waals surface area contributed by atoms with Crippen molar-refractivity contribution in [2.45, 2.75) is 38.0 Å². The second-order valence-electron chi connectivity index (χ2n) is 6.76. The van der Waals surface area contributed by atoms with Crippen molar-refractivity contribution in [3.8, 4) is 5.69 Å². The number of carbonyl (C=O) groups excluding carboxylic acids is 2. The average molecular weight is 425 g/mol. The highest BCUT2D eigenvalue weighted by Crippen LogP contribution is 2.27. The van der Waals surface area contributed by atoms with Crippen LogP contribution in [0.2, 0.25) is 5.02 Å². The monoisotopic (exact) mass is 424 g/mol. The van der Waals surface area contributed by atoms with E-state index in [0.717, 1.165) is 11.5 Å². The van der Waals surface area contributed by atoms with Crippen molar-refractivity contribution in [3.63, 3.8) is 0 Å². The second-order valence-corrected chi connectivity index (χ2v) is 8.14. The number of thioether (sulfide) groups is 1. The first kappa shape index (κ1) is 22.2. The zero-order valence-corrected chi connectivity index (χ0v) is 18.1. The minimum absolute atomic E-state index is 0.00294. The van der Waals surface area contributed by atoms with Crippen LogP contribution in [0, 0.1) is 0 Å². The van der Waals surface area contributed by atoms with Gasteiger partial charge >= 0.3 is 6.03 Å². The molecule has 1 aromatic carbocycles. The molecule has 0 saturated heterocycles. The predicted molar refractivity (Wildman–Crippen MR) is 111 cm³/mol. The van der Waals surface area contributed by atoms with Gasteiger partial charge in [-0.05, 0) is 59.1 Å². The van der Waals surface area contributed by atoms with Crippen molar-refractivity contribution in [1.29, 1.82) is 0 Å². The van der Waals surface area contributed by atoms with E-state index in [-0.39, 0.29) is 17.8 Å². The fourth-order valence-electron chi connectivity index (χ4n) is 2.30. The van der Waals surface area contributed by atoms with E-state index in [1.807, 2.05) is 56.5 Å². The number of rotatable bonds is 7. The summed E-state index contributed by atoms with van der Waals surface area (Å²) in [6.45, 7) is 5.66. The molecule has 0 aliphatic rings. The maximum Gasteiger partial charge on any atom is 0.321 e. The largest absolute Gasteiger partial charge is 0.336 e. The van der Waals surface area contributed by atoms with Crippen LogP contribution in [0.4, 0.5) is 4.79 Å². The molecule has 0 fully saturated rings. The maximum absolute atomic E-state index is 12.1. The molecule has 8 nitrogen and oxygen atoms in total. The van der Waals surface area contributed by atoms with Crippen molar-refractivity contribution in [3.05, 3.63) is 35.1 Å². The van der Waals surface area contributed by atoms with Gasteiger partial charge in [-0.1, -0.05) is 23.4 Å². The van der Waals surface area contributed by atoms with Gasteiger partial charge < -0.3 is 5.32 Å². The van der Waals surface area contributed by atoms with E-state index in [9.17, 15) is 9.59 Å². The summed E-state index contributed by atoms with van der Waals surface area (Å²) < 4.78 is 1.90. The summed E-state index contributed by atoms with van der Waals surface area (Å²) >= 11 is 7.22. The summed E-state index contributed by atoms with van der Waals surface area (Å²) in [7, 11) is 3.91. The lowest BCUT2D eigenvalue weighted by molar-refractivity contribution is -0.117. The van der Waals surface area contributed by atoms with Crippen molar-refractivity contribution in [1.82, 2.24) is 30.3 Å². The summed E-state index contributed by atoms with van der Waals surface area (Å²) in [6.07, 6.45) is 0. The Morgan fingerprint density at radius 1 is 1.18 bits per heavy atom. The first-order valence-corrected chi connectivity index (χ1v) is 10.2. The molecule has 0 bridgehead atoms. The number of amides is 3. The Bertz CT molecular complexity index is 822. The van der Waals surface area contributed by atoms with Crippen LogP contribution in [-0.4, -0.2) is 57.5 Å². The Balaban J connectivity index is 2.21. The molecule has 0 unspecified atom stereocenters. The summed E-state index contributed by atoms with van der Waals surface area (Å²) in [5.41, 5.74) is 0.846. The number of hydrogen-bond acceptors (Lipinski definition) is 6. The Labute approximate surface area is 174 Å². The maximum atomic E-state index is 12.1. The number of nitrogens with one attached hydrogen (secondary N) is 2. The molecule has 0 saturated carbocycles. The Hall–Kier alpha value is -2.10. The molecule has 1 aromatic heterocycles. The molecule has 0 radical (unpaired) electrons. The molecule has 0 aliphatic carbocycles. The van der Waals surface area contributed by atoms with Crippen molar-refractivity contribution >= 4 is 35.3 Å². The van der Waals surface area contributed by atoms with Gasteiger partial charge in [0.25, 0.3) is 0 Å². The molecule has 2 rings (SSSR count). The quantitative estimate of drug-likeness (QED) is 0.664. The van der Waals surface area contributed by atoms with Gasteiger partial charge in [-0.2, -0.15) is 0 Å². The third kappa shape index (κ3) is 5.95. The Morgan fingerprint density at radius 2 is 1.82 bits per heavy atom. The lowest BCUT2D eigenvalue weighted by atomic mass is 10.2. The van der Waals surface area contributed by atoms with Gasteiger partial charge in [-0.3, -0.25) is 19.6 Å². The molecule has 152 valence electrons. The number of imide groups is 1. The number of hydrogen-bond donors (Lipinski definition) is 2. The zero-order valence-electron chi connectivity index (χ0n) is 16.6. The molecule has 2 N–H and O–H groups in total. The SMILES string of the molecule is CC(C)NC(=O)NC(=O)CSc1nnc([C@H](C)N(C)C)n1-c1ccc(Cl)cc1. The van der Waals surface area contributed by atoms with E-state index in [1.54, 1.807) is 12.1 Å². The van der Waals surface area contributed by atoms with Gasteiger partial charge in [0.15, 0.2) is 11.0 Å². The molecule has 1 heterocycles. The van der Waals surface area contributed by atoms with E-state index >= 15 is 0 Å². The molecule has 10 heteroatoms. The van der Waals surface area contributed by atoms with Gasteiger partial charge in [0, 0.05) is 16.8 Å². The van der Waals surface area contributed by atoms with E-state index < -0.39 is 11.9 Å². The molecule has 28 heavy (non-hydrogen) atoms. The highest BCUT2D eigenvalue weighted by molar-refractivity contribution is 7.99. The summed E-state index contributed by atoms with van der Waals surface area (Å²) in [4.78, 5) is 25.8. The van der Waals surface area contributed by atoms with E-state index in [1.165, 1.54) is 11.8 Å². The Morgan fingerprint density at radius 3 is 2.39 bits per heavy atom. The molecule has 2 aromatic rings. The minimum atomic E-state index is -0.512. The highest BCUT2D eigenvalue weighted by Gasteiger charge is 2.21. The van der Waals surface area contributed by atoms with Gasteiger partial charge in [-0.25, -0.2) is 4.79 Å². The van der Waals surface area contributed by atoms with Gasteiger partial charge in [0.05, 0.1) is 11.8 Å². The lowest BCUT2D eigenvalue weighted by Crippen LogP contribution is -2.43. The van der Waals surface area contributed by atoms with Crippen molar-refractivity contribution in [2.24, 2.45) is 0 Å². The molecule has 0 aliphatic heterocycles. The molecular weight excluding hydrogens is 400 g/mol. The highest BCUT2D eigenvalue weighted by atomic mass is 35.5. The zero-order chi connectivity index (χ0) is 20.8. The van der Waals surface area contributed by atoms with Crippen LogP contribution in [0.15, 0.2) is 29.4 Å². The smallest absolute Gasteiger partial charge is 0.321 e. The Kier molecular flexibility index (Phi) is 7.85. The first-order valence-electron chi connectivity index (χ1n) is 8.80. The number of aromatic nitrogens is 3. The normalized spacial score (nSPS) is 12.3. The first-order chi connectivity index (χ1) is 13.2. The summed E-state index contributed by atoms with van der Waals surface area (Å²) in [5.74, 6) is 0.372. The molecule has 3 amide bonds. The number of halogens is 1. The fraction of sp³-hybridized carbons (Fsp3) is 0.444. The third-order valence-electron chi connectivity index (χ3n) is 3.90. The predicted octanol–water partition coefficient (Wildman–Crippen LogP) is 2.87. The number of benzene rings is 1. The third-order valence-corrected chi connectivity index (χ3v) is 5.08. The van der Waals surface area contributed by atoms with E-state index in [0.29, 0.717) is 10.2 Å². The fourth-order valence-corrected chi connectivity index (χ4v) is 3.19. The van der Waals surface area contributed by atoms with Crippen LogP contribution in [0.5, 0.6) is 0 Å². The molecular formula is C18H25ClN6O2S. The van der Waals surface area contributed by atoms with Crippen LogP contribution in [0.3, 0.4) is 0 Å². The summed E-state index contributed by atoms with van der Waals surface area (Å²) in [5, 5.41) is 14.7. The van der Waals surface area contributed by atoms with E-state index in [4.69, 9.17) is 11.6 Å². The van der Waals surface area contributed by atoms with Crippen LogP contribution >= 0.6 is 23.4 Å². The van der Waals surface area contributed by atoms with Gasteiger partial charge in [0.1, 0.15) is 0 Å².